The molecule has 0 saturated carbocycles. The molecule has 1 N–H and O–H groups in total. The third-order valence-corrected chi connectivity index (χ3v) is 6.16. The monoisotopic (exact) mass is 478 g/mol. The van der Waals surface area contributed by atoms with Crippen LogP contribution in [0.15, 0.2) is 0 Å². The van der Waals surface area contributed by atoms with Crippen molar-refractivity contribution < 1.29 is 27.5 Å². The SMILES string of the molecule is CCCCCCCCCCN(CCNC(=O)OC(C)(C)C)S(=O)(=O)CC(=O)OC(C)(C)C. The number of alkyl carbamates (subject to hydrolysis) is 1. The molecule has 8 nitrogen and oxygen atoms in total. The first-order valence-corrected chi connectivity index (χ1v) is 13.4. The molecule has 1 amide bonds. The predicted octanol–water partition coefficient (Wildman–Crippen LogP) is 4.63. The average molecular weight is 479 g/mol. The summed E-state index contributed by atoms with van der Waals surface area (Å²) in [5.74, 6) is -1.49. The Labute approximate surface area is 195 Å². The molecule has 0 aliphatic heterocycles. The number of carbonyl (C=O) groups excluding carboxylic acids is 2. The van der Waals surface area contributed by atoms with Gasteiger partial charge in [0.15, 0.2) is 5.75 Å². The maximum Gasteiger partial charge on any atom is 0.407 e. The molecule has 0 saturated heterocycles. The van der Waals surface area contributed by atoms with Crippen LogP contribution in [0.1, 0.15) is 99.8 Å². The third-order valence-electron chi connectivity index (χ3n) is 4.40. The van der Waals surface area contributed by atoms with Crippen LogP contribution in [-0.2, 0) is 24.3 Å². The zero-order chi connectivity index (χ0) is 24.8. The molecule has 0 aromatic carbocycles. The zero-order valence-corrected chi connectivity index (χ0v) is 22.1. The minimum atomic E-state index is -3.87. The Morgan fingerprint density at radius 1 is 0.781 bits per heavy atom. The number of rotatable bonds is 15. The number of nitrogens with zero attached hydrogens (tertiary/aromatic N) is 1. The molecule has 0 heterocycles. The summed E-state index contributed by atoms with van der Waals surface area (Å²) < 4.78 is 37.3. The van der Waals surface area contributed by atoms with Crippen LogP contribution in [0, 0.1) is 0 Å². The largest absolute Gasteiger partial charge is 0.459 e. The fourth-order valence-corrected chi connectivity index (χ4v) is 4.34. The standard InChI is InChI=1S/C23H46N2O6S/c1-8-9-10-11-12-13-14-15-17-25(18-16-24-21(27)31-23(5,6)7)32(28,29)19-20(26)30-22(2,3)4/h8-19H2,1-7H3,(H,24,27). The van der Waals surface area contributed by atoms with Crippen molar-refractivity contribution in [1.82, 2.24) is 9.62 Å². The summed E-state index contributed by atoms with van der Waals surface area (Å²) in [7, 11) is -3.87. The molecule has 0 fully saturated rings. The second kappa shape index (κ2) is 14.7. The van der Waals surface area contributed by atoms with Crippen molar-refractivity contribution in [3.63, 3.8) is 0 Å². The summed E-state index contributed by atoms with van der Waals surface area (Å²) >= 11 is 0. The normalized spacial score (nSPS) is 12.6. The molecule has 0 spiro atoms. The van der Waals surface area contributed by atoms with Crippen LogP contribution < -0.4 is 5.32 Å². The van der Waals surface area contributed by atoms with E-state index >= 15 is 0 Å². The lowest BCUT2D eigenvalue weighted by Gasteiger charge is -2.24. The number of ether oxygens (including phenoxy) is 2. The van der Waals surface area contributed by atoms with Gasteiger partial charge in [0.05, 0.1) is 0 Å². The van der Waals surface area contributed by atoms with E-state index in [1.165, 1.54) is 30.0 Å². The Kier molecular flexibility index (Phi) is 14.1. The fraction of sp³-hybridized carbons (Fsp3) is 0.913. The van der Waals surface area contributed by atoms with Gasteiger partial charge in [-0.25, -0.2) is 13.2 Å². The molecule has 32 heavy (non-hydrogen) atoms. The molecule has 9 heteroatoms. The highest BCUT2D eigenvalue weighted by Gasteiger charge is 2.28. The third kappa shape index (κ3) is 17.2. The van der Waals surface area contributed by atoms with E-state index in [4.69, 9.17) is 9.47 Å². The van der Waals surface area contributed by atoms with Crippen molar-refractivity contribution in [2.45, 2.75) is 111 Å². The van der Waals surface area contributed by atoms with Crippen molar-refractivity contribution in [1.29, 1.82) is 0 Å². The molecule has 0 radical (unpaired) electrons. The minimum absolute atomic E-state index is 0.0703. The Bertz CT molecular complexity index is 650. The minimum Gasteiger partial charge on any atom is -0.459 e. The smallest absolute Gasteiger partial charge is 0.407 e. The molecule has 0 atom stereocenters. The van der Waals surface area contributed by atoms with Gasteiger partial charge in [0.1, 0.15) is 11.2 Å². The molecule has 190 valence electrons. The number of unbranched alkanes of at least 4 members (excludes halogenated alkanes) is 7. The Hall–Kier alpha value is -1.35. The zero-order valence-electron chi connectivity index (χ0n) is 21.3. The number of esters is 1. The van der Waals surface area contributed by atoms with Crippen LogP contribution in [0.3, 0.4) is 0 Å². The van der Waals surface area contributed by atoms with Gasteiger partial charge in [0, 0.05) is 19.6 Å². The number of sulfonamides is 1. The van der Waals surface area contributed by atoms with Crippen molar-refractivity contribution in [2.24, 2.45) is 0 Å². The first kappa shape index (κ1) is 30.6. The van der Waals surface area contributed by atoms with Gasteiger partial charge in [-0.2, -0.15) is 4.31 Å². The van der Waals surface area contributed by atoms with Crippen LogP contribution >= 0.6 is 0 Å². The van der Waals surface area contributed by atoms with Crippen LogP contribution in [0.5, 0.6) is 0 Å². The number of hydrogen-bond donors (Lipinski definition) is 1. The lowest BCUT2D eigenvalue weighted by molar-refractivity contribution is -0.151. The molecule has 0 unspecified atom stereocenters. The highest BCUT2D eigenvalue weighted by molar-refractivity contribution is 7.89. The summed E-state index contributed by atoms with van der Waals surface area (Å²) in [6, 6.07) is 0. The van der Waals surface area contributed by atoms with Crippen LogP contribution in [0.4, 0.5) is 4.79 Å². The van der Waals surface area contributed by atoms with Crippen molar-refractivity contribution in [3.8, 4) is 0 Å². The predicted molar refractivity (Wildman–Crippen MR) is 128 cm³/mol. The van der Waals surface area contributed by atoms with Gasteiger partial charge in [-0.1, -0.05) is 51.9 Å². The van der Waals surface area contributed by atoms with Gasteiger partial charge in [-0.05, 0) is 48.0 Å². The number of amides is 1. The highest BCUT2D eigenvalue weighted by atomic mass is 32.2. The van der Waals surface area contributed by atoms with Crippen molar-refractivity contribution >= 4 is 22.1 Å². The first-order chi connectivity index (χ1) is 14.7. The van der Waals surface area contributed by atoms with Crippen molar-refractivity contribution in [2.75, 3.05) is 25.4 Å². The summed E-state index contributed by atoms with van der Waals surface area (Å²) in [4.78, 5) is 24.0. The Morgan fingerprint density at radius 3 is 1.78 bits per heavy atom. The van der Waals surface area contributed by atoms with Gasteiger partial charge in [-0.15, -0.1) is 0 Å². The van der Waals surface area contributed by atoms with Gasteiger partial charge < -0.3 is 14.8 Å². The van der Waals surface area contributed by atoms with Crippen molar-refractivity contribution in [3.05, 3.63) is 0 Å². The maximum absolute atomic E-state index is 12.9. The second-order valence-corrected chi connectivity index (χ2v) is 12.1. The first-order valence-electron chi connectivity index (χ1n) is 11.8. The van der Waals surface area contributed by atoms with E-state index in [0.29, 0.717) is 13.0 Å². The van der Waals surface area contributed by atoms with Crippen LogP contribution in [0.2, 0.25) is 0 Å². The van der Waals surface area contributed by atoms with E-state index < -0.39 is 39.0 Å². The van der Waals surface area contributed by atoms with Crippen LogP contribution in [0.25, 0.3) is 0 Å². The van der Waals surface area contributed by atoms with Gasteiger partial charge >= 0.3 is 12.1 Å². The Morgan fingerprint density at radius 2 is 1.28 bits per heavy atom. The number of nitrogens with one attached hydrogen (secondary N) is 1. The lowest BCUT2D eigenvalue weighted by atomic mass is 10.1. The molecule has 0 bridgehead atoms. The fourth-order valence-electron chi connectivity index (χ4n) is 3.02. The quantitative estimate of drug-likeness (QED) is 0.272. The lowest BCUT2D eigenvalue weighted by Crippen LogP contribution is -2.43. The number of carbonyl (C=O) groups is 2. The maximum atomic E-state index is 12.9. The average Bonchev–Trinajstić information content (AvgIpc) is 2.58. The summed E-state index contributed by atoms with van der Waals surface area (Å²) in [6.07, 6.45) is 8.12. The molecule has 0 aliphatic carbocycles. The van der Waals surface area contributed by atoms with E-state index in [1.807, 2.05) is 0 Å². The summed E-state index contributed by atoms with van der Waals surface area (Å²) in [6.45, 7) is 13.0. The van der Waals surface area contributed by atoms with E-state index in [-0.39, 0.29) is 13.1 Å². The second-order valence-electron chi connectivity index (χ2n) is 10.1. The molecule has 0 aromatic rings. The Balaban J connectivity index is 4.79. The topological polar surface area (TPSA) is 102 Å². The highest BCUT2D eigenvalue weighted by Crippen LogP contribution is 2.13. The molecular formula is C23H46N2O6S. The van der Waals surface area contributed by atoms with E-state index in [0.717, 1.165) is 19.3 Å². The van der Waals surface area contributed by atoms with E-state index in [1.54, 1.807) is 41.5 Å². The van der Waals surface area contributed by atoms with Gasteiger partial charge in [0.25, 0.3) is 0 Å². The summed E-state index contributed by atoms with van der Waals surface area (Å²) in [5.41, 5.74) is -1.39. The summed E-state index contributed by atoms with van der Waals surface area (Å²) in [5, 5.41) is 2.58. The van der Waals surface area contributed by atoms with Gasteiger partial charge in [0.2, 0.25) is 10.0 Å². The molecule has 0 aliphatic rings. The molecular weight excluding hydrogens is 432 g/mol. The van der Waals surface area contributed by atoms with E-state index in [2.05, 4.69) is 12.2 Å². The molecule has 0 aromatic heterocycles. The number of hydrogen-bond acceptors (Lipinski definition) is 6. The molecule has 0 rings (SSSR count). The van der Waals surface area contributed by atoms with E-state index in [9.17, 15) is 18.0 Å². The van der Waals surface area contributed by atoms with Crippen LogP contribution in [-0.4, -0.2) is 61.4 Å². The van der Waals surface area contributed by atoms with Gasteiger partial charge in [-0.3, -0.25) is 4.79 Å².